The van der Waals surface area contributed by atoms with Crippen molar-refractivity contribution in [3.05, 3.63) is 39.9 Å². The van der Waals surface area contributed by atoms with Crippen LogP contribution in [0, 0.1) is 0 Å². The fourth-order valence-electron chi connectivity index (χ4n) is 1.93. The van der Waals surface area contributed by atoms with Gasteiger partial charge in [-0.1, -0.05) is 35.3 Å². The van der Waals surface area contributed by atoms with E-state index in [2.05, 4.69) is 0 Å². The Hall–Kier alpha value is -1.19. The average Bonchev–Trinajstić information content (AvgIpc) is 2.80. The summed E-state index contributed by atoms with van der Waals surface area (Å²) in [6.07, 6.45) is 1.70. The first kappa shape index (κ1) is 15.2. The molecule has 0 N–H and O–H groups in total. The molecule has 1 aliphatic heterocycles. The number of hydrogen-bond acceptors (Lipinski definition) is 2. The summed E-state index contributed by atoms with van der Waals surface area (Å²) < 4.78 is 5.36. The zero-order valence-corrected chi connectivity index (χ0v) is 13.3. The summed E-state index contributed by atoms with van der Waals surface area (Å²) in [5.41, 5.74) is 1.54. The van der Waals surface area contributed by atoms with Crippen LogP contribution in [-0.2, 0) is 4.74 Å². The van der Waals surface area contributed by atoms with Gasteiger partial charge < -0.3 is 9.64 Å². The first-order valence-electron chi connectivity index (χ1n) is 6.38. The number of nitrogens with zero attached hydrogens (tertiary/aromatic N) is 1. The Labute approximate surface area is 129 Å². The SMILES string of the molecule is CC(C)(C)OC(=O)N1CC=C(c2ccc(Cl)c(Cl)c2)C1. The lowest BCUT2D eigenvalue weighted by molar-refractivity contribution is 0.0306. The number of ether oxygens (including phenoxy) is 1. The number of benzene rings is 1. The maximum Gasteiger partial charge on any atom is 0.410 e. The second-order valence-corrected chi connectivity index (χ2v) is 6.53. The lowest BCUT2D eigenvalue weighted by Gasteiger charge is -2.24. The van der Waals surface area contributed by atoms with E-state index in [1.807, 2.05) is 39.0 Å². The Bertz CT molecular complexity index is 561. The van der Waals surface area contributed by atoms with Gasteiger partial charge in [-0.2, -0.15) is 0 Å². The molecular weight excluding hydrogens is 297 g/mol. The average molecular weight is 314 g/mol. The summed E-state index contributed by atoms with van der Waals surface area (Å²) in [5.74, 6) is 0. The highest BCUT2D eigenvalue weighted by Gasteiger charge is 2.25. The van der Waals surface area contributed by atoms with E-state index in [0.717, 1.165) is 11.1 Å². The van der Waals surface area contributed by atoms with Gasteiger partial charge in [-0.25, -0.2) is 4.79 Å². The molecule has 0 bridgehead atoms. The van der Waals surface area contributed by atoms with E-state index in [9.17, 15) is 4.79 Å². The minimum Gasteiger partial charge on any atom is -0.444 e. The molecular formula is C15H17Cl2NO2. The van der Waals surface area contributed by atoms with Gasteiger partial charge in [0.2, 0.25) is 0 Å². The van der Waals surface area contributed by atoms with Crippen LogP contribution in [-0.4, -0.2) is 29.7 Å². The van der Waals surface area contributed by atoms with E-state index in [1.54, 1.807) is 11.0 Å². The van der Waals surface area contributed by atoms with Crippen LogP contribution < -0.4 is 0 Å². The zero-order chi connectivity index (χ0) is 14.9. The third kappa shape index (κ3) is 3.68. The largest absolute Gasteiger partial charge is 0.444 e. The number of halogens is 2. The second kappa shape index (κ2) is 5.66. The standard InChI is InChI=1S/C15H17Cl2NO2/c1-15(2,3)20-14(19)18-7-6-11(9-18)10-4-5-12(16)13(17)8-10/h4-6,8H,7,9H2,1-3H3. The van der Waals surface area contributed by atoms with Crippen LogP contribution in [0.15, 0.2) is 24.3 Å². The van der Waals surface area contributed by atoms with E-state index in [0.29, 0.717) is 23.1 Å². The van der Waals surface area contributed by atoms with Gasteiger partial charge in [-0.15, -0.1) is 0 Å². The molecule has 0 spiro atoms. The van der Waals surface area contributed by atoms with Crippen molar-refractivity contribution in [3.8, 4) is 0 Å². The highest BCUT2D eigenvalue weighted by Crippen LogP contribution is 2.28. The molecule has 5 heteroatoms. The van der Waals surface area contributed by atoms with Crippen LogP contribution in [0.25, 0.3) is 5.57 Å². The fraction of sp³-hybridized carbons (Fsp3) is 0.400. The molecule has 2 rings (SSSR count). The lowest BCUT2D eigenvalue weighted by Crippen LogP contribution is -2.35. The number of hydrogen-bond donors (Lipinski definition) is 0. The summed E-state index contributed by atoms with van der Waals surface area (Å²) in [6, 6.07) is 5.48. The van der Waals surface area contributed by atoms with Crippen LogP contribution in [0.1, 0.15) is 26.3 Å². The molecule has 1 aromatic carbocycles. The lowest BCUT2D eigenvalue weighted by atomic mass is 10.1. The van der Waals surface area contributed by atoms with E-state index >= 15 is 0 Å². The molecule has 1 heterocycles. The quantitative estimate of drug-likeness (QED) is 0.756. The van der Waals surface area contributed by atoms with E-state index in [1.165, 1.54) is 0 Å². The van der Waals surface area contributed by atoms with Gasteiger partial charge in [0.15, 0.2) is 0 Å². The second-order valence-electron chi connectivity index (χ2n) is 5.72. The van der Waals surface area contributed by atoms with Crippen LogP contribution >= 0.6 is 23.2 Å². The van der Waals surface area contributed by atoms with Crippen molar-refractivity contribution < 1.29 is 9.53 Å². The Balaban J connectivity index is 2.04. The van der Waals surface area contributed by atoms with Crippen LogP contribution in [0.2, 0.25) is 10.0 Å². The predicted octanol–water partition coefficient (Wildman–Crippen LogP) is 4.63. The Morgan fingerprint density at radius 1 is 1.25 bits per heavy atom. The van der Waals surface area contributed by atoms with Crippen molar-refractivity contribution in [3.63, 3.8) is 0 Å². The monoisotopic (exact) mass is 313 g/mol. The van der Waals surface area contributed by atoms with Crippen molar-refractivity contribution in [1.29, 1.82) is 0 Å². The van der Waals surface area contributed by atoms with Crippen molar-refractivity contribution in [2.45, 2.75) is 26.4 Å². The third-order valence-electron chi connectivity index (χ3n) is 2.86. The van der Waals surface area contributed by atoms with E-state index in [4.69, 9.17) is 27.9 Å². The molecule has 0 radical (unpaired) electrons. The Morgan fingerprint density at radius 2 is 1.95 bits per heavy atom. The van der Waals surface area contributed by atoms with Gasteiger partial charge in [-0.3, -0.25) is 0 Å². The zero-order valence-electron chi connectivity index (χ0n) is 11.7. The van der Waals surface area contributed by atoms with Crippen LogP contribution in [0.4, 0.5) is 4.79 Å². The molecule has 0 saturated heterocycles. The third-order valence-corrected chi connectivity index (χ3v) is 3.60. The fourth-order valence-corrected chi connectivity index (χ4v) is 2.22. The van der Waals surface area contributed by atoms with Gasteiger partial charge in [0.25, 0.3) is 0 Å². The van der Waals surface area contributed by atoms with Crippen LogP contribution in [0.3, 0.4) is 0 Å². The Kier molecular flexibility index (Phi) is 4.31. The van der Waals surface area contributed by atoms with Gasteiger partial charge in [0.05, 0.1) is 10.0 Å². The number of amides is 1. The summed E-state index contributed by atoms with van der Waals surface area (Å²) in [7, 11) is 0. The number of rotatable bonds is 1. The normalized spacial score (nSPS) is 15.2. The molecule has 0 aromatic heterocycles. The van der Waals surface area contributed by atoms with Crippen molar-refractivity contribution in [2.24, 2.45) is 0 Å². The molecule has 108 valence electrons. The molecule has 1 amide bonds. The van der Waals surface area contributed by atoms with Crippen molar-refractivity contribution >= 4 is 34.9 Å². The summed E-state index contributed by atoms with van der Waals surface area (Å²) in [5, 5.41) is 1.04. The predicted molar refractivity (Wildman–Crippen MR) is 82.2 cm³/mol. The smallest absolute Gasteiger partial charge is 0.410 e. The summed E-state index contributed by atoms with van der Waals surface area (Å²) in [4.78, 5) is 13.6. The van der Waals surface area contributed by atoms with Gasteiger partial charge >= 0.3 is 6.09 Å². The molecule has 1 aromatic rings. The molecule has 1 aliphatic rings. The summed E-state index contributed by atoms with van der Waals surface area (Å²) in [6.45, 7) is 6.63. The Morgan fingerprint density at radius 3 is 2.55 bits per heavy atom. The molecule has 3 nitrogen and oxygen atoms in total. The first-order valence-corrected chi connectivity index (χ1v) is 7.14. The number of carbonyl (C=O) groups is 1. The molecule has 0 unspecified atom stereocenters. The minimum absolute atomic E-state index is 0.302. The van der Waals surface area contributed by atoms with Gasteiger partial charge in [0, 0.05) is 13.1 Å². The molecule has 0 saturated carbocycles. The maximum atomic E-state index is 12.0. The van der Waals surface area contributed by atoms with Gasteiger partial charge in [0.1, 0.15) is 5.60 Å². The maximum absolute atomic E-state index is 12.0. The minimum atomic E-state index is -0.483. The van der Waals surface area contributed by atoms with E-state index < -0.39 is 5.60 Å². The van der Waals surface area contributed by atoms with Gasteiger partial charge in [-0.05, 0) is 44.0 Å². The highest BCUT2D eigenvalue weighted by atomic mass is 35.5. The molecule has 20 heavy (non-hydrogen) atoms. The van der Waals surface area contributed by atoms with Crippen molar-refractivity contribution in [2.75, 3.05) is 13.1 Å². The first-order chi connectivity index (χ1) is 9.26. The van der Waals surface area contributed by atoms with Crippen molar-refractivity contribution in [1.82, 2.24) is 4.90 Å². The highest BCUT2D eigenvalue weighted by molar-refractivity contribution is 6.42. The van der Waals surface area contributed by atoms with Crippen LogP contribution in [0.5, 0.6) is 0 Å². The molecule has 0 atom stereocenters. The number of carbonyl (C=O) groups excluding carboxylic acids is 1. The van der Waals surface area contributed by atoms with E-state index in [-0.39, 0.29) is 6.09 Å². The molecule has 0 aliphatic carbocycles. The molecule has 0 fully saturated rings. The summed E-state index contributed by atoms with van der Waals surface area (Å²) >= 11 is 11.9. The topological polar surface area (TPSA) is 29.5 Å².